The van der Waals surface area contributed by atoms with Gasteiger partial charge in [-0.05, 0) is 32.1 Å². The number of primary sulfonamides is 1. The molecule has 7 nitrogen and oxygen atoms in total. The van der Waals surface area contributed by atoms with Gasteiger partial charge in [0.05, 0.1) is 5.69 Å². The number of nitrogens with one attached hydrogen (secondary N) is 1. The van der Waals surface area contributed by atoms with Crippen LogP contribution in [-0.4, -0.2) is 42.0 Å². The van der Waals surface area contributed by atoms with Gasteiger partial charge in [0.25, 0.3) is 5.91 Å². The molecule has 1 aromatic rings. The Balaban J connectivity index is 2.29. The SMILES string of the molecule is Cc1[nH]nc(C(=O)N(CCC(C)C)C2CC2)c1S(N)(=O)=O. The molecule has 3 N–H and O–H groups in total. The molecule has 1 saturated carbocycles. The monoisotopic (exact) mass is 314 g/mol. The van der Waals surface area contributed by atoms with Crippen molar-refractivity contribution in [1.29, 1.82) is 0 Å². The largest absolute Gasteiger partial charge is 0.334 e. The Hall–Kier alpha value is -1.41. The topological polar surface area (TPSA) is 109 Å². The zero-order valence-corrected chi connectivity index (χ0v) is 13.4. The number of aryl methyl sites for hydroxylation is 1. The zero-order chi connectivity index (χ0) is 15.8. The van der Waals surface area contributed by atoms with E-state index in [2.05, 4.69) is 24.0 Å². The van der Waals surface area contributed by atoms with Crippen LogP contribution >= 0.6 is 0 Å². The average molecular weight is 314 g/mol. The van der Waals surface area contributed by atoms with Crippen molar-refractivity contribution in [3.05, 3.63) is 11.4 Å². The number of aromatic amines is 1. The van der Waals surface area contributed by atoms with Crippen LogP contribution in [0.1, 0.15) is 49.3 Å². The Morgan fingerprint density at radius 3 is 2.57 bits per heavy atom. The lowest BCUT2D eigenvalue weighted by atomic mass is 10.1. The van der Waals surface area contributed by atoms with Crippen LogP contribution in [0.3, 0.4) is 0 Å². The van der Waals surface area contributed by atoms with Gasteiger partial charge in [-0.2, -0.15) is 5.10 Å². The number of H-pyrrole nitrogens is 1. The van der Waals surface area contributed by atoms with Crippen LogP contribution in [0.15, 0.2) is 4.90 Å². The van der Waals surface area contributed by atoms with Crippen molar-refractivity contribution in [2.75, 3.05) is 6.54 Å². The van der Waals surface area contributed by atoms with Crippen molar-refractivity contribution in [3.63, 3.8) is 0 Å². The maximum atomic E-state index is 12.6. The molecule has 0 aromatic carbocycles. The van der Waals surface area contributed by atoms with Crippen molar-refractivity contribution in [1.82, 2.24) is 15.1 Å². The maximum absolute atomic E-state index is 12.6. The number of sulfonamides is 1. The van der Waals surface area contributed by atoms with Crippen molar-refractivity contribution in [3.8, 4) is 0 Å². The molecular weight excluding hydrogens is 292 g/mol. The van der Waals surface area contributed by atoms with Gasteiger partial charge in [0.1, 0.15) is 4.90 Å². The molecule has 118 valence electrons. The van der Waals surface area contributed by atoms with Crippen molar-refractivity contribution >= 4 is 15.9 Å². The van der Waals surface area contributed by atoms with Crippen molar-refractivity contribution < 1.29 is 13.2 Å². The van der Waals surface area contributed by atoms with Gasteiger partial charge in [-0.3, -0.25) is 9.89 Å². The molecule has 0 unspecified atom stereocenters. The van der Waals surface area contributed by atoms with Crippen LogP contribution in [0.25, 0.3) is 0 Å². The third-order valence-corrected chi connectivity index (χ3v) is 4.64. The molecule has 0 spiro atoms. The van der Waals surface area contributed by atoms with Crippen LogP contribution in [0.4, 0.5) is 0 Å². The van der Waals surface area contributed by atoms with Crippen molar-refractivity contribution in [2.24, 2.45) is 11.1 Å². The van der Waals surface area contributed by atoms with E-state index in [1.807, 2.05) is 0 Å². The molecule has 21 heavy (non-hydrogen) atoms. The van der Waals surface area contributed by atoms with E-state index in [-0.39, 0.29) is 22.5 Å². The fraction of sp³-hybridized carbons (Fsp3) is 0.692. The van der Waals surface area contributed by atoms with E-state index in [0.717, 1.165) is 19.3 Å². The van der Waals surface area contributed by atoms with Gasteiger partial charge in [0.2, 0.25) is 10.0 Å². The fourth-order valence-corrected chi connectivity index (χ4v) is 3.16. The summed E-state index contributed by atoms with van der Waals surface area (Å²) in [5, 5.41) is 11.6. The molecular formula is C13H22N4O3S. The molecule has 0 atom stereocenters. The normalized spacial score (nSPS) is 15.5. The second-order valence-electron chi connectivity index (χ2n) is 5.98. The quantitative estimate of drug-likeness (QED) is 0.816. The summed E-state index contributed by atoms with van der Waals surface area (Å²) in [5.41, 5.74) is 0.200. The summed E-state index contributed by atoms with van der Waals surface area (Å²) in [5.74, 6) is 0.115. The minimum absolute atomic E-state index is 0.0920. The first kappa shape index (κ1) is 16.0. The molecule has 1 amide bonds. The van der Waals surface area contributed by atoms with E-state index in [1.165, 1.54) is 0 Å². The second-order valence-corrected chi connectivity index (χ2v) is 7.48. The number of aromatic nitrogens is 2. The molecule has 1 heterocycles. The Bertz CT molecular complexity index is 632. The molecule has 0 radical (unpaired) electrons. The molecule has 1 aromatic heterocycles. The van der Waals surface area contributed by atoms with Gasteiger partial charge in [0, 0.05) is 12.6 Å². The molecule has 1 aliphatic rings. The molecule has 1 aliphatic carbocycles. The van der Waals surface area contributed by atoms with Crippen LogP contribution in [0, 0.1) is 12.8 Å². The number of hydrogen-bond donors (Lipinski definition) is 2. The standard InChI is InChI=1S/C13H22N4O3S/c1-8(2)6-7-17(10-4-5-10)13(18)11-12(21(14,19)20)9(3)15-16-11/h8,10H,4-7H2,1-3H3,(H,15,16)(H2,14,19,20). The van der Waals surface area contributed by atoms with Crippen LogP contribution in [0.5, 0.6) is 0 Å². The molecule has 2 rings (SSSR count). The molecule has 0 bridgehead atoms. The summed E-state index contributed by atoms with van der Waals surface area (Å²) in [7, 11) is -3.98. The highest BCUT2D eigenvalue weighted by atomic mass is 32.2. The third-order valence-electron chi connectivity index (χ3n) is 3.57. The van der Waals surface area contributed by atoms with E-state index in [4.69, 9.17) is 5.14 Å². The number of rotatable bonds is 6. The number of amides is 1. The summed E-state index contributed by atoms with van der Waals surface area (Å²) in [4.78, 5) is 14.2. The number of carbonyl (C=O) groups excluding carboxylic acids is 1. The predicted molar refractivity (Wildman–Crippen MR) is 78.2 cm³/mol. The Morgan fingerprint density at radius 1 is 1.48 bits per heavy atom. The summed E-state index contributed by atoms with van der Waals surface area (Å²) >= 11 is 0. The molecule has 0 aliphatic heterocycles. The van der Waals surface area contributed by atoms with E-state index in [0.29, 0.717) is 18.2 Å². The fourth-order valence-electron chi connectivity index (χ4n) is 2.28. The number of hydrogen-bond acceptors (Lipinski definition) is 4. The highest BCUT2D eigenvalue weighted by Gasteiger charge is 2.36. The minimum Gasteiger partial charge on any atom is -0.334 e. The van der Waals surface area contributed by atoms with Gasteiger partial charge in [-0.15, -0.1) is 0 Å². The van der Waals surface area contributed by atoms with E-state index < -0.39 is 10.0 Å². The molecule has 0 saturated heterocycles. The molecule has 8 heteroatoms. The second kappa shape index (κ2) is 5.76. The lowest BCUT2D eigenvalue weighted by Gasteiger charge is -2.22. The van der Waals surface area contributed by atoms with Crippen LogP contribution < -0.4 is 5.14 Å². The average Bonchev–Trinajstić information content (AvgIpc) is 3.09. The highest BCUT2D eigenvalue weighted by Crippen LogP contribution is 2.30. The first-order valence-electron chi connectivity index (χ1n) is 7.10. The lowest BCUT2D eigenvalue weighted by molar-refractivity contribution is 0.0725. The van der Waals surface area contributed by atoms with E-state index in [1.54, 1.807) is 11.8 Å². The summed E-state index contributed by atoms with van der Waals surface area (Å²) < 4.78 is 23.3. The minimum atomic E-state index is -3.98. The van der Waals surface area contributed by atoms with Gasteiger partial charge in [-0.25, -0.2) is 13.6 Å². The predicted octanol–water partition coefficient (Wildman–Crippen LogP) is 1.02. The number of carbonyl (C=O) groups is 1. The van der Waals surface area contributed by atoms with Gasteiger partial charge < -0.3 is 4.90 Å². The summed E-state index contributed by atoms with van der Waals surface area (Å²) in [6, 6.07) is 0.196. The van der Waals surface area contributed by atoms with E-state index >= 15 is 0 Å². The first-order valence-corrected chi connectivity index (χ1v) is 8.65. The Morgan fingerprint density at radius 2 is 2.10 bits per heavy atom. The number of nitrogens with zero attached hydrogens (tertiary/aromatic N) is 2. The van der Waals surface area contributed by atoms with Gasteiger partial charge in [0.15, 0.2) is 5.69 Å². The summed E-state index contributed by atoms with van der Waals surface area (Å²) in [6.45, 7) is 6.32. The highest BCUT2D eigenvalue weighted by molar-refractivity contribution is 7.89. The van der Waals surface area contributed by atoms with Crippen LogP contribution in [0.2, 0.25) is 0 Å². The van der Waals surface area contributed by atoms with Crippen molar-refractivity contribution in [2.45, 2.75) is 51.0 Å². The Kier molecular flexibility index (Phi) is 4.38. The van der Waals surface area contributed by atoms with Gasteiger partial charge >= 0.3 is 0 Å². The lowest BCUT2D eigenvalue weighted by Crippen LogP contribution is -2.36. The van der Waals surface area contributed by atoms with Gasteiger partial charge in [-0.1, -0.05) is 13.8 Å². The van der Waals surface area contributed by atoms with Crippen LogP contribution in [-0.2, 0) is 10.0 Å². The smallest absolute Gasteiger partial charge is 0.276 e. The zero-order valence-electron chi connectivity index (χ0n) is 12.6. The first-order chi connectivity index (χ1) is 9.71. The molecule has 1 fully saturated rings. The number of nitrogens with two attached hydrogens (primary N) is 1. The maximum Gasteiger partial charge on any atom is 0.276 e. The Labute approximate surface area is 124 Å². The van der Waals surface area contributed by atoms with E-state index in [9.17, 15) is 13.2 Å². The third kappa shape index (κ3) is 3.62. The summed E-state index contributed by atoms with van der Waals surface area (Å²) in [6.07, 6.45) is 2.78.